The minimum atomic E-state index is 1.02. The van der Waals surface area contributed by atoms with Crippen LogP contribution in [0.2, 0.25) is 0 Å². The Morgan fingerprint density at radius 2 is 1.29 bits per heavy atom. The van der Waals surface area contributed by atoms with E-state index in [4.69, 9.17) is 0 Å². The van der Waals surface area contributed by atoms with Gasteiger partial charge in [-0.3, -0.25) is 0 Å². The van der Waals surface area contributed by atoms with E-state index in [0.29, 0.717) is 0 Å². The van der Waals surface area contributed by atoms with Gasteiger partial charge < -0.3 is 0 Å². The minimum Gasteiger partial charge on any atom is -0.0917 e. The molecule has 1 aliphatic rings. The molecular weight excluding hydrogens is 252 g/mol. The molecule has 0 radical (unpaired) electrons. The summed E-state index contributed by atoms with van der Waals surface area (Å²) in [7, 11) is 0. The summed E-state index contributed by atoms with van der Waals surface area (Å²) in [5, 5.41) is 0. The van der Waals surface area contributed by atoms with Gasteiger partial charge in [0.1, 0.15) is 0 Å². The maximum Gasteiger partial charge on any atom is -0.0348 e. The molecule has 21 heavy (non-hydrogen) atoms. The Labute approximate surface area is 134 Å². The smallest absolute Gasteiger partial charge is 0.0348 e. The predicted octanol–water partition coefficient (Wildman–Crippen LogP) is 7.46. The van der Waals surface area contributed by atoms with Crippen molar-refractivity contribution in [2.45, 2.75) is 97.3 Å². The lowest BCUT2D eigenvalue weighted by atomic mass is 9.78. The molecule has 0 aromatic heterocycles. The van der Waals surface area contributed by atoms with E-state index in [9.17, 15) is 0 Å². The van der Waals surface area contributed by atoms with E-state index in [1.165, 1.54) is 83.5 Å². The number of rotatable bonds is 11. The monoisotopic (exact) mass is 290 g/mol. The molecule has 0 bridgehead atoms. The first-order valence-corrected chi connectivity index (χ1v) is 9.63. The third kappa shape index (κ3) is 9.93. The molecule has 1 rings (SSSR count). The standard InChI is InChI=1S/C21H38/c1-3-5-7-8-9-10-11-13-15-21-18-16-20(17-19-21)14-12-6-4-2/h4,6,10-11,20-21H,3,5,7-9,12-19H2,1-2H3/b6-4+,11-10+. The van der Waals surface area contributed by atoms with Gasteiger partial charge in [0.15, 0.2) is 0 Å². The molecule has 1 fully saturated rings. The number of hydrogen-bond donors (Lipinski definition) is 0. The molecule has 0 nitrogen and oxygen atoms in total. The first kappa shape index (κ1) is 18.5. The number of hydrogen-bond acceptors (Lipinski definition) is 0. The van der Waals surface area contributed by atoms with Crippen LogP contribution in [0.25, 0.3) is 0 Å². The van der Waals surface area contributed by atoms with Crippen LogP contribution in [0, 0.1) is 11.8 Å². The molecular formula is C21H38. The van der Waals surface area contributed by atoms with Crippen molar-refractivity contribution in [2.75, 3.05) is 0 Å². The van der Waals surface area contributed by atoms with Crippen molar-refractivity contribution in [1.82, 2.24) is 0 Å². The van der Waals surface area contributed by atoms with Gasteiger partial charge in [-0.2, -0.15) is 0 Å². The summed E-state index contributed by atoms with van der Waals surface area (Å²) in [6.07, 6.45) is 27.7. The van der Waals surface area contributed by atoms with Gasteiger partial charge in [0, 0.05) is 0 Å². The summed E-state index contributed by atoms with van der Waals surface area (Å²) in [4.78, 5) is 0. The van der Waals surface area contributed by atoms with E-state index in [1.807, 2.05) is 0 Å². The van der Waals surface area contributed by atoms with Crippen LogP contribution in [0.15, 0.2) is 24.3 Å². The first-order chi connectivity index (χ1) is 10.4. The van der Waals surface area contributed by atoms with Gasteiger partial charge in [0.25, 0.3) is 0 Å². The molecule has 1 saturated carbocycles. The van der Waals surface area contributed by atoms with Gasteiger partial charge in [-0.15, -0.1) is 0 Å². The summed E-state index contributed by atoms with van der Waals surface area (Å²) < 4.78 is 0. The maximum atomic E-state index is 2.45. The van der Waals surface area contributed by atoms with Crippen LogP contribution < -0.4 is 0 Å². The van der Waals surface area contributed by atoms with Gasteiger partial charge in [0.05, 0.1) is 0 Å². The molecule has 0 aromatic rings. The van der Waals surface area contributed by atoms with Crippen molar-refractivity contribution in [3.05, 3.63) is 24.3 Å². The van der Waals surface area contributed by atoms with Crippen molar-refractivity contribution in [2.24, 2.45) is 11.8 Å². The fraction of sp³-hybridized carbons (Fsp3) is 0.810. The highest BCUT2D eigenvalue weighted by atomic mass is 14.2. The lowest BCUT2D eigenvalue weighted by Crippen LogP contribution is -2.14. The Morgan fingerprint density at radius 1 is 0.714 bits per heavy atom. The fourth-order valence-corrected chi connectivity index (χ4v) is 3.56. The van der Waals surface area contributed by atoms with E-state index in [2.05, 4.69) is 38.2 Å². The van der Waals surface area contributed by atoms with E-state index in [-0.39, 0.29) is 0 Å². The molecule has 122 valence electrons. The summed E-state index contributed by atoms with van der Waals surface area (Å²) in [6.45, 7) is 4.42. The molecule has 1 aliphatic carbocycles. The lowest BCUT2D eigenvalue weighted by Gasteiger charge is -2.28. The highest BCUT2D eigenvalue weighted by Gasteiger charge is 2.19. The molecule has 0 unspecified atom stereocenters. The van der Waals surface area contributed by atoms with Crippen molar-refractivity contribution in [3.8, 4) is 0 Å². The molecule has 0 spiro atoms. The number of unbranched alkanes of at least 4 members (excludes halogenated alkanes) is 4. The van der Waals surface area contributed by atoms with E-state index < -0.39 is 0 Å². The zero-order valence-electron chi connectivity index (χ0n) is 14.7. The first-order valence-electron chi connectivity index (χ1n) is 9.63. The third-order valence-electron chi connectivity index (χ3n) is 5.08. The average Bonchev–Trinajstić information content (AvgIpc) is 2.52. The largest absolute Gasteiger partial charge is 0.0917 e. The van der Waals surface area contributed by atoms with Crippen molar-refractivity contribution in [3.63, 3.8) is 0 Å². The number of allylic oxidation sites excluding steroid dienone is 4. The zero-order chi connectivity index (χ0) is 15.2. The van der Waals surface area contributed by atoms with Gasteiger partial charge in [-0.25, -0.2) is 0 Å². The van der Waals surface area contributed by atoms with Crippen LogP contribution in [0.5, 0.6) is 0 Å². The topological polar surface area (TPSA) is 0 Å². The van der Waals surface area contributed by atoms with Crippen molar-refractivity contribution >= 4 is 0 Å². The molecule has 0 saturated heterocycles. The summed E-state index contributed by atoms with van der Waals surface area (Å²) in [5.74, 6) is 2.04. The molecule has 0 aliphatic heterocycles. The predicted molar refractivity (Wildman–Crippen MR) is 96.6 cm³/mol. The van der Waals surface area contributed by atoms with E-state index >= 15 is 0 Å². The molecule has 0 N–H and O–H groups in total. The van der Waals surface area contributed by atoms with E-state index in [1.54, 1.807) is 0 Å². The minimum absolute atomic E-state index is 1.02. The summed E-state index contributed by atoms with van der Waals surface area (Å²) in [5.41, 5.74) is 0. The lowest BCUT2D eigenvalue weighted by molar-refractivity contribution is 0.255. The fourth-order valence-electron chi connectivity index (χ4n) is 3.56. The van der Waals surface area contributed by atoms with Crippen LogP contribution in [-0.4, -0.2) is 0 Å². The van der Waals surface area contributed by atoms with Crippen LogP contribution in [0.4, 0.5) is 0 Å². The zero-order valence-corrected chi connectivity index (χ0v) is 14.7. The molecule has 0 amide bonds. The van der Waals surface area contributed by atoms with Gasteiger partial charge >= 0.3 is 0 Å². The van der Waals surface area contributed by atoms with E-state index in [0.717, 1.165) is 11.8 Å². The second-order valence-corrected chi connectivity index (χ2v) is 6.93. The molecule has 0 heteroatoms. The van der Waals surface area contributed by atoms with Gasteiger partial charge in [-0.1, -0.05) is 76.2 Å². The van der Waals surface area contributed by atoms with Crippen molar-refractivity contribution in [1.29, 1.82) is 0 Å². The highest BCUT2D eigenvalue weighted by molar-refractivity contribution is 4.84. The normalized spacial score (nSPS) is 23.3. The molecule has 0 heterocycles. The second-order valence-electron chi connectivity index (χ2n) is 6.93. The maximum absolute atomic E-state index is 2.45. The highest BCUT2D eigenvalue weighted by Crippen LogP contribution is 2.33. The molecule has 0 atom stereocenters. The van der Waals surface area contributed by atoms with Crippen molar-refractivity contribution < 1.29 is 0 Å². The second kappa shape index (κ2) is 13.2. The average molecular weight is 291 g/mol. The van der Waals surface area contributed by atoms with Crippen LogP contribution in [-0.2, 0) is 0 Å². The Kier molecular flexibility index (Phi) is 11.6. The quantitative estimate of drug-likeness (QED) is 0.274. The van der Waals surface area contributed by atoms with Crippen LogP contribution in [0.1, 0.15) is 97.3 Å². The molecule has 0 aromatic carbocycles. The summed E-state index contributed by atoms with van der Waals surface area (Å²) >= 11 is 0. The van der Waals surface area contributed by atoms with Crippen LogP contribution in [0.3, 0.4) is 0 Å². The van der Waals surface area contributed by atoms with Crippen LogP contribution >= 0.6 is 0 Å². The third-order valence-corrected chi connectivity index (χ3v) is 5.08. The Morgan fingerprint density at radius 3 is 1.86 bits per heavy atom. The Balaban J connectivity index is 1.96. The Hall–Kier alpha value is -0.520. The van der Waals surface area contributed by atoms with Gasteiger partial charge in [0.2, 0.25) is 0 Å². The Bertz CT molecular complexity index is 266. The summed E-state index contributed by atoms with van der Waals surface area (Å²) in [6, 6.07) is 0. The van der Waals surface area contributed by atoms with Gasteiger partial charge in [-0.05, 0) is 57.3 Å². The SMILES string of the molecule is C/C=C/CCC1CCC(CC/C=C/CCCCCC)CC1.